The number of nitrogens with one attached hydrogen (secondary N) is 1. The molecule has 2 bridgehead atoms. The van der Waals surface area contributed by atoms with Crippen LogP contribution in [0.5, 0.6) is 0 Å². The zero-order chi connectivity index (χ0) is 15.8. The molecule has 2 fully saturated rings. The van der Waals surface area contributed by atoms with Gasteiger partial charge in [-0.2, -0.15) is 5.26 Å². The maximum Gasteiger partial charge on any atom is 0.228 e. The number of rotatable bonds is 2. The van der Waals surface area contributed by atoms with Gasteiger partial charge in [0.1, 0.15) is 11.1 Å². The monoisotopic (exact) mass is 328 g/mol. The average Bonchev–Trinajstić information content (AvgIpc) is 3.22. The molecule has 4 rings (SSSR count). The highest BCUT2D eigenvalue weighted by Crippen LogP contribution is 2.49. The molecule has 3 nitrogen and oxygen atoms in total. The highest BCUT2D eigenvalue weighted by molar-refractivity contribution is 7.16. The van der Waals surface area contributed by atoms with Gasteiger partial charge in [0.05, 0.1) is 5.56 Å². The van der Waals surface area contributed by atoms with Crippen LogP contribution in [0.25, 0.3) is 0 Å². The first kappa shape index (κ1) is 15.2. The number of aryl methyl sites for hydroxylation is 1. The second-order valence-corrected chi connectivity index (χ2v) is 8.61. The Morgan fingerprint density at radius 1 is 1.13 bits per heavy atom. The quantitative estimate of drug-likeness (QED) is 0.859. The molecule has 23 heavy (non-hydrogen) atoms. The van der Waals surface area contributed by atoms with Crippen molar-refractivity contribution in [3.05, 3.63) is 16.0 Å². The second kappa shape index (κ2) is 6.28. The maximum absolute atomic E-state index is 12.7. The molecule has 1 N–H and O–H groups in total. The van der Waals surface area contributed by atoms with Gasteiger partial charge in [0.15, 0.2) is 0 Å². The molecular weight excluding hydrogens is 304 g/mol. The van der Waals surface area contributed by atoms with Crippen LogP contribution in [-0.4, -0.2) is 5.91 Å². The molecule has 3 aliphatic rings. The van der Waals surface area contributed by atoms with Crippen molar-refractivity contribution in [1.82, 2.24) is 0 Å². The van der Waals surface area contributed by atoms with Gasteiger partial charge in [0.25, 0.3) is 0 Å². The molecule has 0 aromatic carbocycles. The largest absolute Gasteiger partial charge is 0.316 e. The molecule has 0 radical (unpaired) electrons. The van der Waals surface area contributed by atoms with Crippen LogP contribution in [0.15, 0.2) is 0 Å². The first-order valence-electron chi connectivity index (χ1n) is 9.11. The van der Waals surface area contributed by atoms with E-state index < -0.39 is 0 Å². The second-order valence-electron chi connectivity index (χ2n) is 7.50. The number of amides is 1. The molecule has 1 heterocycles. The van der Waals surface area contributed by atoms with Crippen LogP contribution in [0.4, 0.5) is 5.00 Å². The van der Waals surface area contributed by atoms with Crippen molar-refractivity contribution >= 4 is 22.2 Å². The summed E-state index contributed by atoms with van der Waals surface area (Å²) in [6.07, 6.45) is 11.8. The van der Waals surface area contributed by atoms with E-state index in [0.29, 0.717) is 5.92 Å². The lowest BCUT2D eigenvalue weighted by molar-refractivity contribution is -0.121. The molecule has 2 saturated carbocycles. The molecule has 1 aromatic rings. The highest BCUT2D eigenvalue weighted by atomic mass is 32.1. The molecule has 0 spiro atoms. The number of carbonyl (C=O) groups excluding carboxylic acids is 1. The fourth-order valence-electron chi connectivity index (χ4n) is 4.90. The summed E-state index contributed by atoms with van der Waals surface area (Å²) in [4.78, 5) is 14.0. The summed E-state index contributed by atoms with van der Waals surface area (Å²) in [6, 6.07) is 2.38. The third kappa shape index (κ3) is 2.80. The van der Waals surface area contributed by atoms with Gasteiger partial charge < -0.3 is 5.32 Å². The van der Waals surface area contributed by atoms with Crippen LogP contribution in [0.2, 0.25) is 0 Å². The van der Waals surface area contributed by atoms with Crippen molar-refractivity contribution in [2.45, 2.75) is 64.2 Å². The topological polar surface area (TPSA) is 52.9 Å². The molecule has 4 heteroatoms. The normalized spacial score (nSPS) is 29.4. The third-order valence-corrected chi connectivity index (χ3v) is 7.30. The Bertz CT molecular complexity index is 657. The summed E-state index contributed by atoms with van der Waals surface area (Å²) >= 11 is 1.66. The molecule has 3 aliphatic carbocycles. The Labute approximate surface area is 142 Å². The number of fused-ring (bicyclic) bond motifs is 3. The predicted molar refractivity (Wildman–Crippen MR) is 92.5 cm³/mol. The Kier molecular flexibility index (Phi) is 4.15. The van der Waals surface area contributed by atoms with Crippen LogP contribution in [0.3, 0.4) is 0 Å². The van der Waals surface area contributed by atoms with Crippen molar-refractivity contribution in [3.63, 3.8) is 0 Å². The molecule has 1 aromatic heterocycles. The molecule has 3 atom stereocenters. The van der Waals surface area contributed by atoms with E-state index in [1.807, 2.05) is 0 Å². The van der Waals surface area contributed by atoms with E-state index in [2.05, 4.69) is 11.4 Å². The van der Waals surface area contributed by atoms with E-state index in [4.69, 9.17) is 0 Å². The standard InChI is InChI=1S/C19H24N2OS/c20-11-16-14-5-3-1-2-4-6-17(14)23-19(16)21-18(22)15-10-12-7-8-13(15)9-12/h12-13,15H,1-10H2,(H,21,22)/t12-,13+,15?/m1/s1. The molecular formula is C19H24N2OS. The van der Waals surface area contributed by atoms with E-state index in [9.17, 15) is 10.1 Å². The van der Waals surface area contributed by atoms with Gasteiger partial charge in [0.2, 0.25) is 5.91 Å². The molecule has 122 valence electrons. The van der Waals surface area contributed by atoms with E-state index in [0.717, 1.165) is 42.2 Å². The van der Waals surface area contributed by atoms with Crippen LogP contribution < -0.4 is 5.32 Å². The minimum Gasteiger partial charge on any atom is -0.316 e. The third-order valence-electron chi connectivity index (χ3n) is 6.09. The minimum absolute atomic E-state index is 0.169. The summed E-state index contributed by atoms with van der Waals surface area (Å²) in [6.45, 7) is 0. The average molecular weight is 328 g/mol. The Morgan fingerprint density at radius 2 is 1.96 bits per heavy atom. The van der Waals surface area contributed by atoms with Crippen molar-refractivity contribution < 1.29 is 4.79 Å². The number of thiophene rings is 1. The first-order chi connectivity index (χ1) is 11.3. The maximum atomic E-state index is 12.7. The lowest BCUT2D eigenvalue weighted by Gasteiger charge is -2.20. The van der Waals surface area contributed by atoms with Gasteiger partial charge in [-0.15, -0.1) is 11.3 Å². The summed E-state index contributed by atoms with van der Waals surface area (Å²) in [5.74, 6) is 1.72. The van der Waals surface area contributed by atoms with Crippen molar-refractivity contribution in [2.75, 3.05) is 5.32 Å². The summed E-state index contributed by atoms with van der Waals surface area (Å²) in [5.41, 5.74) is 1.98. The summed E-state index contributed by atoms with van der Waals surface area (Å²) in [5, 5.41) is 13.6. The number of nitriles is 1. The summed E-state index contributed by atoms with van der Waals surface area (Å²) < 4.78 is 0. The smallest absolute Gasteiger partial charge is 0.228 e. The predicted octanol–water partition coefficient (Wildman–Crippen LogP) is 4.65. The van der Waals surface area contributed by atoms with Crippen molar-refractivity contribution in [2.24, 2.45) is 17.8 Å². The SMILES string of the molecule is N#Cc1c(NC(=O)C2C[C@@H]3CC[C@H]2C3)sc2c1CCCCCC2. The number of hydrogen-bond donors (Lipinski definition) is 1. The Morgan fingerprint density at radius 3 is 2.65 bits per heavy atom. The fourth-order valence-corrected chi connectivity index (χ4v) is 6.14. The minimum atomic E-state index is 0.169. The lowest BCUT2D eigenvalue weighted by Crippen LogP contribution is -2.27. The van der Waals surface area contributed by atoms with Gasteiger partial charge in [-0.05, 0) is 62.3 Å². The number of carbonyl (C=O) groups is 1. The van der Waals surface area contributed by atoms with E-state index in [1.54, 1.807) is 11.3 Å². The number of nitrogens with zero attached hydrogens (tertiary/aromatic N) is 1. The van der Waals surface area contributed by atoms with E-state index in [1.165, 1.54) is 49.0 Å². The molecule has 1 unspecified atom stereocenters. The molecule has 1 amide bonds. The van der Waals surface area contributed by atoms with Crippen LogP contribution in [0.1, 0.15) is 67.4 Å². The number of anilines is 1. The van der Waals surface area contributed by atoms with Gasteiger partial charge in [-0.25, -0.2) is 0 Å². The van der Waals surface area contributed by atoms with Crippen LogP contribution >= 0.6 is 11.3 Å². The van der Waals surface area contributed by atoms with E-state index in [-0.39, 0.29) is 11.8 Å². The fraction of sp³-hybridized carbons (Fsp3) is 0.684. The zero-order valence-electron chi connectivity index (χ0n) is 13.6. The zero-order valence-corrected chi connectivity index (χ0v) is 14.4. The van der Waals surface area contributed by atoms with Gasteiger partial charge >= 0.3 is 0 Å². The molecule has 0 saturated heterocycles. The van der Waals surface area contributed by atoms with Crippen molar-refractivity contribution in [3.8, 4) is 6.07 Å². The Balaban J connectivity index is 1.55. The lowest BCUT2D eigenvalue weighted by atomic mass is 9.88. The Hall–Kier alpha value is -1.34. The van der Waals surface area contributed by atoms with E-state index >= 15 is 0 Å². The van der Waals surface area contributed by atoms with Crippen molar-refractivity contribution in [1.29, 1.82) is 5.26 Å². The van der Waals surface area contributed by atoms with Crippen LogP contribution in [-0.2, 0) is 17.6 Å². The summed E-state index contributed by atoms with van der Waals surface area (Å²) in [7, 11) is 0. The van der Waals surface area contributed by atoms with Crippen LogP contribution in [0, 0.1) is 29.1 Å². The first-order valence-corrected chi connectivity index (χ1v) is 9.93. The molecule has 0 aliphatic heterocycles. The van der Waals surface area contributed by atoms with Gasteiger partial charge in [-0.1, -0.05) is 19.3 Å². The van der Waals surface area contributed by atoms with Gasteiger partial charge in [0, 0.05) is 10.8 Å². The number of hydrogen-bond acceptors (Lipinski definition) is 3. The van der Waals surface area contributed by atoms with Gasteiger partial charge in [-0.3, -0.25) is 4.79 Å². The highest BCUT2D eigenvalue weighted by Gasteiger charge is 2.43.